The number of nitrogens with one attached hydrogen (secondary N) is 2. The van der Waals surface area contributed by atoms with Crippen molar-refractivity contribution in [2.45, 2.75) is 12.3 Å². The highest BCUT2D eigenvalue weighted by molar-refractivity contribution is 6.31. The number of carbonyl (C=O) groups is 2. The maximum Gasteiger partial charge on any atom is 0.417 e. The Hall–Kier alpha value is -3.85. The van der Waals surface area contributed by atoms with Crippen molar-refractivity contribution in [2.75, 3.05) is 17.3 Å². The average Bonchev–Trinajstić information content (AvgIpc) is 2.91. The molecule has 10 heteroatoms. The number of amides is 3. The molecule has 34 heavy (non-hydrogen) atoms. The Morgan fingerprint density at radius 1 is 1.03 bits per heavy atom. The highest BCUT2D eigenvalue weighted by atomic mass is 35.5. The standard InChI is InChI=1S/C24H18ClF3N4O2/c1-32-19-10-6-5-9-16(19)20(14-7-3-2-4-8-14)30-21(22(32)33)31-23(34)29-15-11-12-18(25)17(13-15)24(26,27)28/h2-13,21H,1H3,(H2,29,31,34). The molecular formula is C24H18ClF3N4O2. The van der Waals surface area contributed by atoms with E-state index in [2.05, 4.69) is 15.6 Å². The topological polar surface area (TPSA) is 73.8 Å². The van der Waals surface area contributed by atoms with E-state index in [1.54, 1.807) is 19.2 Å². The van der Waals surface area contributed by atoms with Crippen molar-refractivity contribution in [1.29, 1.82) is 0 Å². The zero-order chi connectivity index (χ0) is 24.5. The largest absolute Gasteiger partial charge is 0.417 e. The summed E-state index contributed by atoms with van der Waals surface area (Å²) in [5, 5.41) is 4.27. The predicted octanol–water partition coefficient (Wildman–Crippen LogP) is 5.32. The van der Waals surface area contributed by atoms with E-state index in [0.29, 0.717) is 17.0 Å². The van der Waals surface area contributed by atoms with Gasteiger partial charge in [-0.3, -0.25) is 4.79 Å². The third-order valence-electron chi connectivity index (χ3n) is 5.19. The molecule has 0 saturated heterocycles. The summed E-state index contributed by atoms with van der Waals surface area (Å²) in [6, 6.07) is 18.4. The number of benzodiazepines with no additional fused rings is 1. The number of benzene rings is 3. The zero-order valence-electron chi connectivity index (χ0n) is 17.7. The summed E-state index contributed by atoms with van der Waals surface area (Å²) in [6.07, 6.45) is -6.01. The third-order valence-corrected chi connectivity index (χ3v) is 5.52. The van der Waals surface area contributed by atoms with Gasteiger partial charge in [-0.15, -0.1) is 0 Å². The van der Waals surface area contributed by atoms with Crippen molar-refractivity contribution in [3.05, 3.63) is 94.5 Å². The summed E-state index contributed by atoms with van der Waals surface area (Å²) < 4.78 is 39.4. The fourth-order valence-corrected chi connectivity index (χ4v) is 3.78. The number of fused-ring (bicyclic) bond motifs is 1. The van der Waals surface area contributed by atoms with Crippen molar-refractivity contribution in [1.82, 2.24) is 5.32 Å². The second-order valence-corrected chi connectivity index (χ2v) is 7.86. The van der Waals surface area contributed by atoms with Crippen LogP contribution in [0.2, 0.25) is 5.02 Å². The molecule has 4 rings (SSSR count). The highest BCUT2D eigenvalue weighted by Gasteiger charge is 2.34. The smallest absolute Gasteiger partial charge is 0.311 e. The van der Waals surface area contributed by atoms with E-state index < -0.39 is 34.9 Å². The molecule has 3 aromatic rings. The number of nitrogens with zero attached hydrogens (tertiary/aromatic N) is 2. The molecule has 3 aromatic carbocycles. The molecule has 0 aliphatic carbocycles. The molecule has 3 amide bonds. The average molecular weight is 487 g/mol. The van der Waals surface area contributed by atoms with Gasteiger partial charge in [0.25, 0.3) is 5.91 Å². The predicted molar refractivity (Wildman–Crippen MR) is 124 cm³/mol. The summed E-state index contributed by atoms with van der Waals surface area (Å²) in [5.41, 5.74) is 1.30. The number of halogens is 4. The lowest BCUT2D eigenvalue weighted by molar-refractivity contribution is -0.137. The van der Waals surface area contributed by atoms with Gasteiger partial charge in [-0.05, 0) is 24.3 Å². The normalized spacial score (nSPS) is 15.8. The number of anilines is 2. The van der Waals surface area contributed by atoms with Gasteiger partial charge in [-0.1, -0.05) is 60.1 Å². The Balaban J connectivity index is 1.65. The van der Waals surface area contributed by atoms with Gasteiger partial charge in [0.05, 0.1) is 22.0 Å². The van der Waals surface area contributed by atoms with E-state index in [9.17, 15) is 22.8 Å². The van der Waals surface area contributed by atoms with Gasteiger partial charge in [0.1, 0.15) is 0 Å². The van der Waals surface area contributed by atoms with E-state index in [4.69, 9.17) is 11.6 Å². The van der Waals surface area contributed by atoms with E-state index in [-0.39, 0.29) is 5.69 Å². The first kappa shape index (κ1) is 23.3. The van der Waals surface area contributed by atoms with Crippen LogP contribution in [0.3, 0.4) is 0 Å². The molecule has 1 aliphatic rings. The third kappa shape index (κ3) is 4.74. The van der Waals surface area contributed by atoms with Crippen LogP contribution < -0.4 is 15.5 Å². The van der Waals surface area contributed by atoms with Gasteiger partial charge in [0, 0.05) is 23.9 Å². The van der Waals surface area contributed by atoms with Crippen LogP contribution in [0.1, 0.15) is 16.7 Å². The maximum absolute atomic E-state index is 13.1. The lowest BCUT2D eigenvalue weighted by Crippen LogP contribution is -2.47. The van der Waals surface area contributed by atoms with Crippen LogP contribution in [0.15, 0.2) is 77.8 Å². The van der Waals surface area contributed by atoms with Crippen molar-refractivity contribution in [3.63, 3.8) is 0 Å². The first-order chi connectivity index (χ1) is 16.1. The summed E-state index contributed by atoms with van der Waals surface area (Å²) in [7, 11) is 1.56. The lowest BCUT2D eigenvalue weighted by atomic mass is 10.0. The van der Waals surface area contributed by atoms with Gasteiger partial charge in [-0.25, -0.2) is 9.79 Å². The number of rotatable bonds is 3. The summed E-state index contributed by atoms with van der Waals surface area (Å²) >= 11 is 5.63. The maximum atomic E-state index is 13.1. The van der Waals surface area contributed by atoms with Crippen molar-refractivity contribution >= 4 is 40.6 Å². The molecule has 1 aliphatic heterocycles. The fourth-order valence-electron chi connectivity index (χ4n) is 3.55. The molecule has 2 N–H and O–H groups in total. The minimum absolute atomic E-state index is 0.140. The summed E-state index contributed by atoms with van der Waals surface area (Å²) in [5.74, 6) is -0.513. The molecule has 1 heterocycles. The fraction of sp³-hybridized carbons (Fsp3) is 0.125. The van der Waals surface area contributed by atoms with Crippen molar-refractivity contribution in [3.8, 4) is 0 Å². The zero-order valence-corrected chi connectivity index (χ0v) is 18.5. The van der Waals surface area contributed by atoms with Gasteiger partial charge < -0.3 is 15.5 Å². The van der Waals surface area contributed by atoms with Crippen LogP contribution in [-0.2, 0) is 11.0 Å². The van der Waals surface area contributed by atoms with E-state index in [1.807, 2.05) is 42.5 Å². The number of para-hydroxylation sites is 1. The minimum atomic E-state index is -4.69. The number of likely N-dealkylation sites (N-methyl/N-ethyl adjacent to an activating group) is 1. The van der Waals surface area contributed by atoms with Crippen LogP contribution in [-0.4, -0.2) is 30.9 Å². The van der Waals surface area contributed by atoms with Gasteiger partial charge in [0.15, 0.2) is 0 Å². The molecule has 0 spiro atoms. The number of hydrogen-bond donors (Lipinski definition) is 2. The highest BCUT2D eigenvalue weighted by Crippen LogP contribution is 2.36. The second-order valence-electron chi connectivity index (χ2n) is 7.45. The van der Waals surface area contributed by atoms with E-state index >= 15 is 0 Å². The Bertz CT molecular complexity index is 1280. The molecule has 0 fully saturated rings. The number of carbonyl (C=O) groups excluding carboxylic acids is 2. The molecular weight excluding hydrogens is 469 g/mol. The van der Waals surface area contributed by atoms with Gasteiger partial charge in [-0.2, -0.15) is 13.2 Å². The quantitative estimate of drug-likeness (QED) is 0.526. The molecule has 6 nitrogen and oxygen atoms in total. The first-order valence-electron chi connectivity index (χ1n) is 10.1. The Morgan fingerprint density at radius 3 is 2.41 bits per heavy atom. The second kappa shape index (κ2) is 9.18. The molecule has 0 bridgehead atoms. The summed E-state index contributed by atoms with van der Waals surface area (Å²) in [4.78, 5) is 31.6. The Morgan fingerprint density at radius 2 is 1.71 bits per heavy atom. The summed E-state index contributed by atoms with van der Waals surface area (Å²) in [6.45, 7) is 0. The number of aliphatic imine (C=N–C) groups is 1. The minimum Gasteiger partial charge on any atom is -0.311 e. The monoisotopic (exact) mass is 486 g/mol. The first-order valence-corrected chi connectivity index (χ1v) is 10.5. The Labute approximate surface area is 198 Å². The van der Waals surface area contributed by atoms with Crippen LogP contribution >= 0.6 is 11.6 Å². The van der Waals surface area contributed by atoms with E-state index in [0.717, 1.165) is 17.7 Å². The molecule has 0 saturated carbocycles. The number of alkyl halides is 3. The molecule has 1 unspecified atom stereocenters. The van der Waals surface area contributed by atoms with Gasteiger partial charge in [0.2, 0.25) is 6.17 Å². The van der Waals surface area contributed by atoms with Gasteiger partial charge >= 0.3 is 12.2 Å². The van der Waals surface area contributed by atoms with E-state index in [1.165, 1.54) is 11.0 Å². The van der Waals surface area contributed by atoms with Crippen molar-refractivity contribution in [2.24, 2.45) is 4.99 Å². The Kier molecular flexibility index (Phi) is 6.30. The van der Waals surface area contributed by atoms with Crippen LogP contribution in [0.25, 0.3) is 0 Å². The van der Waals surface area contributed by atoms with Crippen molar-refractivity contribution < 1.29 is 22.8 Å². The van der Waals surface area contributed by atoms with Crippen LogP contribution in [0, 0.1) is 0 Å². The SMILES string of the molecule is CN1C(=O)C(NC(=O)Nc2ccc(Cl)c(C(F)(F)F)c2)N=C(c2ccccc2)c2ccccc21. The molecule has 1 atom stereocenters. The van der Waals surface area contributed by atoms with Crippen LogP contribution in [0.4, 0.5) is 29.3 Å². The molecule has 174 valence electrons. The lowest BCUT2D eigenvalue weighted by Gasteiger charge is -2.21. The molecule has 0 radical (unpaired) electrons. The molecule has 0 aromatic heterocycles. The van der Waals surface area contributed by atoms with Crippen LogP contribution in [0.5, 0.6) is 0 Å². The number of urea groups is 1. The number of hydrogen-bond acceptors (Lipinski definition) is 3.